The molecule has 0 atom stereocenters. The zero-order valence-electron chi connectivity index (χ0n) is 9.21. The van der Waals surface area contributed by atoms with Crippen LogP contribution in [-0.2, 0) is 9.53 Å². The second-order valence-electron chi connectivity index (χ2n) is 4.52. The van der Waals surface area contributed by atoms with Crippen LogP contribution < -0.4 is 5.73 Å². The number of carbonyl (C=O) groups is 1. The molecule has 0 radical (unpaired) electrons. The molecule has 1 rings (SSSR count). The Balaban J connectivity index is 2.62. The number of Topliss-reactive ketones (excluding diaryl/α,β-unsaturated/α-hetero) is 1. The van der Waals surface area contributed by atoms with Crippen LogP contribution in [-0.4, -0.2) is 26.0 Å². The van der Waals surface area contributed by atoms with E-state index in [-0.39, 0.29) is 17.8 Å². The summed E-state index contributed by atoms with van der Waals surface area (Å²) in [5.41, 5.74) is 5.46. The summed E-state index contributed by atoms with van der Waals surface area (Å²) in [4.78, 5) is 11.9. The molecule has 0 saturated heterocycles. The molecule has 0 amide bonds. The molecule has 0 aromatic carbocycles. The molecule has 0 heterocycles. The molecule has 1 aliphatic carbocycles. The number of rotatable bonds is 4. The monoisotopic (exact) mass is 199 g/mol. The minimum Gasteiger partial charge on any atom is -0.377 e. The molecular weight excluding hydrogens is 178 g/mol. The molecule has 0 aromatic rings. The molecule has 3 heteroatoms. The molecular formula is C11H21NO2. The van der Waals surface area contributed by atoms with E-state index in [0.29, 0.717) is 6.54 Å². The number of hydrogen-bond acceptors (Lipinski definition) is 3. The van der Waals surface area contributed by atoms with E-state index >= 15 is 0 Å². The zero-order valence-corrected chi connectivity index (χ0v) is 9.21. The van der Waals surface area contributed by atoms with Gasteiger partial charge in [0.1, 0.15) is 6.61 Å². The maximum atomic E-state index is 11.9. The third kappa shape index (κ3) is 2.34. The molecule has 1 saturated carbocycles. The fourth-order valence-electron chi connectivity index (χ4n) is 2.20. The Bertz CT molecular complexity index is 195. The Morgan fingerprint density at radius 3 is 2.50 bits per heavy atom. The first-order chi connectivity index (χ1) is 6.64. The minimum absolute atomic E-state index is 0.189. The highest BCUT2D eigenvalue weighted by Gasteiger charge is 2.39. The lowest BCUT2D eigenvalue weighted by molar-refractivity contribution is -0.134. The van der Waals surface area contributed by atoms with Crippen molar-refractivity contribution in [2.24, 2.45) is 17.1 Å². The molecule has 2 N–H and O–H groups in total. The molecule has 0 spiro atoms. The maximum absolute atomic E-state index is 11.9. The Hall–Kier alpha value is -0.410. The predicted octanol–water partition coefficient (Wildman–Crippen LogP) is 1.36. The molecule has 0 bridgehead atoms. The van der Waals surface area contributed by atoms with Crippen LogP contribution in [0.15, 0.2) is 0 Å². The molecule has 0 unspecified atom stereocenters. The number of methoxy groups -OCH3 is 1. The summed E-state index contributed by atoms with van der Waals surface area (Å²) < 4.78 is 4.91. The van der Waals surface area contributed by atoms with Gasteiger partial charge in [0.05, 0.1) is 0 Å². The average Bonchev–Trinajstić information content (AvgIpc) is 2.20. The summed E-state index contributed by atoms with van der Waals surface area (Å²) in [7, 11) is 1.56. The number of carbonyl (C=O) groups excluding carboxylic acids is 1. The lowest BCUT2D eigenvalue weighted by Crippen LogP contribution is -2.43. The number of ketones is 1. The van der Waals surface area contributed by atoms with Gasteiger partial charge in [-0.2, -0.15) is 0 Å². The van der Waals surface area contributed by atoms with Gasteiger partial charge in [-0.25, -0.2) is 0 Å². The van der Waals surface area contributed by atoms with Crippen LogP contribution in [0, 0.1) is 11.3 Å². The summed E-state index contributed by atoms with van der Waals surface area (Å²) in [6, 6.07) is 0. The van der Waals surface area contributed by atoms with E-state index in [9.17, 15) is 4.79 Å². The van der Waals surface area contributed by atoms with E-state index in [1.54, 1.807) is 7.11 Å². The number of ether oxygens (including phenoxy) is 1. The summed E-state index contributed by atoms with van der Waals surface area (Å²) in [6.45, 7) is 2.93. The second-order valence-corrected chi connectivity index (χ2v) is 4.52. The van der Waals surface area contributed by atoms with Crippen LogP contribution >= 0.6 is 0 Å². The van der Waals surface area contributed by atoms with E-state index in [2.05, 4.69) is 6.92 Å². The quantitative estimate of drug-likeness (QED) is 0.743. The van der Waals surface area contributed by atoms with Gasteiger partial charge in [0.15, 0.2) is 5.78 Å². The van der Waals surface area contributed by atoms with Crippen molar-refractivity contribution < 1.29 is 9.53 Å². The third-order valence-corrected chi connectivity index (χ3v) is 3.49. The highest BCUT2D eigenvalue weighted by Crippen LogP contribution is 2.38. The van der Waals surface area contributed by atoms with Crippen molar-refractivity contribution in [3.8, 4) is 0 Å². The molecule has 0 aliphatic heterocycles. The molecule has 1 fully saturated rings. The van der Waals surface area contributed by atoms with Crippen molar-refractivity contribution in [3.63, 3.8) is 0 Å². The van der Waals surface area contributed by atoms with Gasteiger partial charge < -0.3 is 10.5 Å². The van der Waals surface area contributed by atoms with Gasteiger partial charge in [0.2, 0.25) is 0 Å². The van der Waals surface area contributed by atoms with Gasteiger partial charge >= 0.3 is 0 Å². The summed E-state index contributed by atoms with van der Waals surface area (Å²) in [5.74, 6) is 0.930. The van der Waals surface area contributed by atoms with Crippen LogP contribution in [0.25, 0.3) is 0 Å². The van der Waals surface area contributed by atoms with Gasteiger partial charge in [-0.3, -0.25) is 4.79 Å². The Kier molecular flexibility index (Phi) is 4.08. The molecule has 0 aromatic heterocycles. The van der Waals surface area contributed by atoms with Gasteiger partial charge in [-0.15, -0.1) is 0 Å². The SMILES string of the molecule is COCC(=O)C1(CN)CCC(C)CC1. The average molecular weight is 199 g/mol. The Labute approximate surface area is 86.0 Å². The molecule has 3 nitrogen and oxygen atoms in total. The van der Waals surface area contributed by atoms with Crippen molar-refractivity contribution >= 4 is 5.78 Å². The fraction of sp³-hybridized carbons (Fsp3) is 0.909. The molecule has 82 valence electrons. The second kappa shape index (κ2) is 4.89. The van der Waals surface area contributed by atoms with Crippen molar-refractivity contribution in [3.05, 3.63) is 0 Å². The highest BCUT2D eigenvalue weighted by atomic mass is 16.5. The van der Waals surface area contributed by atoms with Crippen LogP contribution in [0.3, 0.4) is 0 Å². The van der Waals surface area contributed by atoms with Crippen molar-refractivity contribution in [2.75, 3.05) is 20.3 Å². The van der Waals surface area contributed by atoms with Crippen molar-refractivity contribution in [1.29, 1.82) is 0 Å². The summed E-state index contributed by atoms with van der Waals surface area (Å²) in [6.07, 6.45) is 4.11. The van der Waals surface area contributed by atoms with E-state index in [1.165, 1.54) is 0 Å². The number of hydrogen-bond donors (Lipinski definition) is 1. The fourth-order valence-corrected chi connectivity index (χ4v) is 2.20. The van der Waals surface area contributed by atoms with Gasteiger partial charge in [-0.05, 0) is 31.6 Å². The largest absolute Gasteiger partial charge is 0.377 e. The first-order valence-corrected chi connectivity index (χ1v) is 5.37. The van der Waals surface area contributed by atoms with Gasteiger partial charge in [0.25, 0.3) is 0 Å². The standard InChI is InChI=1S/C11H21NO2/c1-9-3-5-11(8-12,6-4-9)10(13)7-14-2/h9H,3-8,12H2,1-2H3. The van der Waals surface area contributed by atoms with Gasteiger partial charge in [0, 0.05) is 19.1 Å². The predicted molar refractivity (Wildman–Crippen MR) is 56.0 cm³/mol. The third-order valence-electron chi connectivity index (χ3n) is 3.49. The van der Waals surface area contributed by atoms with Crippen LogP contribution in [0.1, 0.15) is 32.6 Å². The zero-order chi connectivity index (χ0) is 10.6. The first kappa shape index (κ1) is 11.7. The highest BCUT2D eigenvalue weighted by molar-refractivity contribution is 5.86. The van der Waals surface area contributed by atoms with Gasteiger partial charge in [-0.1, -0.05) is 6.92 Å². The van der Waals surface area contributed by atoms with E-state index in [0.717, 1.165) is 31.6 Å². The minimum atomic E-state index is -0.275. The summed E-state index contributed by atoms with van der Waals surface area (Å²) >= 11 is 0. The number of nitrogens with two attached hydrogens (primary N) is 1. The van der Waals surface area contributed by atoms with Crippen LogP contribution in [0.5, 0.6) is 0 Å². The Morgan fingerprint density at radius 1 is 1.50 bits per heavy atom. The lowest BCUT2D eigenvalue weighted by atomic mass is 9.68. The smallest absolute Gasteiger partial charge is 0.165 e. The molecule has 1 aliphatic rings. The Morgan fingerprint density at radius 2 is 2.07 bits per heavy atom. The maximum Gasteiger partial charge on any atom is 0.165 e. The first-order valence-electron chi connectivity index (χ1n) is 5.37. The van der Waals surface area contributed by atoms with Crippen molar-refractivity contribution in [1.82, 2.24) is 0 Å². The molecule has 14 heavy (non-hydrogen) atoms. The van der Waals surface area contributed by atoms with E-state index < -0.39 is 0 Å². The topological polar surface area (TPSA) is 52.3 Å². The normalized spacial score (nSPS) is 32.9. The van der Waals surface area contributed by atoms with E-state index in [4.69, 9.17) is 10.5 Å². The van der Waals surface area contributed by atoms with Crippen molar-refractivity contribution in [2.45, 2.75) is 32.6 Å². The lowest BCUT2D eigenvalue weighted by Gasteiger charge is -2.37. The van der Waals surface area contributed by atoms with Crippen LogP contribution in [0.2, 0.25) is 0 Å². The van der Waals surface area contributed by atoms with Crippen LogP contribution in [0.4, 0.5) is 0 Å². The van der Waals surface area contributed by atoms with E-state index in [1.807, 2.05) is 0 Å². The summed E-state index contributed by atoms with van der Waals surface area (Å²) in [5, 5.41) is 0.